The van der Waals surface area contributed by atoms with Gasteiger partial charge in [-0.3, -0.25) is 14.5 Å². The molecule has 4 aromatic rings. The fourth-order valence-electron chi connectivity index (χ4n) is 4.94. The first kappa shape index (κ1) is 29.8. The van der Waals surface area contributed by atoms with Gasteiger partial charge in [-0.2, -0.15) is 0 Å². The van der Waals surface area contributed by atoms with Crippen LogP contribution in [0.3, 0.4) is 0 Å². The fraction of sp³-hybridized carbons (Fsp3) is 0.324. The van der Waals surface area contributed by atoms with Crippen LogP contribution in [0, 0.1) is 6.92 Å². The van der Waals surface area contributed by atoms with Crippen LogP contribution < -0.4 is 20.7 Å². The summed E-state index contributed by atoms with van der Waals surface area (Å²) in [7, 11) is 0. The molecular weight excluding hydrogens is 574 g/mol. The Hall–Kier alpha value is -4.25. The molecule has 44 heavy (non-hydrogen) atoms. The average Bonchev–Trinajstić information content (AvgIpc) is 3.77. The third kappa shape index (κ3) is 7.82. The molecule has 0 radical (unpaired) electrons. The topological polar surface area (TPSA) is 105 Å². The normalized spacial score (nSPS) is 15.0. The van der Waals surface area contributed by atoms with Gasteiger partial charge in [0, 0.05) is 49.0 Å². The third-order valence-corrected chi connectivity index (χ3v) is 8.64. The van der Waals surface area contributed by atoms with Crippen molar-refractivity contribution in [3.8, 4) is 17.0 Å². The summed E-state index contributed by atoms with van der Waals surface area (Å²) in [5.41, 5.74) is 4.70. The van der Waals surface area contributed by atoms with E-state index >= 15 is 0 Å². The van der Waals surface area contributed by atoms with E-state index in [0.29, 0.717) is 34.4 Å². The Morgan fingerprint density at radius 1 is 1.00 bits per heavy atom. The highest BCUT2D eigenvalue weighted by Gasteiger charge is 2.24. The Kier molecular flexibility index (Phi) is 9.50. The highest BCUT2D eigenvalue weighted by molar-refractivity contribution is 7.18. The average molecular weight is 612 g/mol. The maximum atomic E-state index is 13.6. The number of carbonyl (C=O) groups is 2. The van der Waals surface area contributed by atoms with Crippen molar-refractivity contribution in [3.63, 3.8) is 0 Å². The molecule has 3 N–H and O–H groups in total. The van der Waals surface area contributed by atoms with E-state index in [1.165, 1.54) is 11.3 Å². The van der Waals surface area contributed by atoms with Crippen LogP contribution in [0.2, 0.25) is 0 Å². The Morgan fingerprint density at radius 3 is 2.61 bits per heavy atom. The maximum absolute atomic E-state index is 13.6. The van der Waals surface area contributed by atoms with Crippen molar-refractivity contribution >= 4 is 34.0 Å². The molecule has 1 saturated carbocycles. The molecule has 228 valence electrons. The lowest BCUT2D eigenvalue weighted by Crippen LogP contribution is -2.38. The molecule has 2 aliphatic rings. The van der Waals surface area contributed by atoms with E-state index in [9.17, 15) is 9.59 Å². The first-order chi connectivity index (χ1) is 21.5. The number of rotatable bonds is 12. The Balaban J connectivity index is 1.23. The van der Waals surface area contributed by atoms with Crippen LogP contribution in [-0.4, -0.2) is 67.2 Å². The summed E-state index contributed by atoms with van der Waals surface area (Å²) in [5.74, 6) is 0.434. The van der Waals surface area contributed by atoms with Gasteiger partial charge in [-0.25, -0.2) is 4.98 Å². The molecule has 0 atom stereocenters. The molecule has 0 unspecified atom stereocenters. The lowest BCUT2D eigenvalue weighted by molar-refractivity contribution is 0.0322. The van der Waals surface area contributed by atoms with E-state index in [4.69, 9.17) is 14.5 Å². The number of hydrogen-bond donors (Lipinski definition) is 3. The van der Waals surface area contributed by atoms with Crippen molar-refractivity contribution < 1.29 is 19.1 Å². The summed E-state index contributed by atoms with van der Waals surface area (Å²) in [6.45, 7) is 7.08. The number of benzene rings is 3. The van der Waals surface area contributed by atoms with Gasteiger partial charge in [-0.1, -0.05) is 59.9 Å². The standard InChI is InChI=1S/C34H37N5O4S/c1-23-10-11-26(32(40)36-27-12-13-27)21-29(23)37-34-38-30(31(44-34)33(41)35-22-24-6-3-2-4-7-24)25-8-5-9-28(20-25)43-19-16-39-14-17-42-18-15-39/h2-11,20-21,27H,12-19,22H2,1H3,(H,35,41)(H,36,40)(H,37,38). The summed E-state index contributed by atoms with van der Waals surface area (Å²) in [6, 6.07) is 23.4. The smallest absolute Gasteiger partial charge is 0.264 e. The number of nitrogens with zero attached hydrogens (tertiary/aromatic N) is 2. The van der Waals surface area contributed by atoms with Crippen molar-refractivity contribution in [2.45, 2.75) is 32.4 Å². The first-order valence-electron chi connectivity index (χ1n) is 15.1. The molecule has 2 fully saturated rings. The van der Waals surface area contributed by atoms with Crippen LogP contribution in [0.1, 0.15) is 44.0 Å². The van der Waals surface area contributed by atoms with Gasteiger partial charge in [0.05, 0.1) is 18.9 Å². The minimum atomic E-state index is -0.206. The zero-order chi connectivity index (χ0) is 30.3. The number of aryl methyl sites for hydroxylation is 1. The second kappa shape index (κ2) is 14.0. The predicted molar refractivity (Wildman–Crippen MR) is 173 cm³/mol. The molecule has 1 aromatic heterocycles. The number of aromatic nitrogens is 1. The number of nitrogens with one attached hydrogen (secondary N) is 3. The van der Waals surface area contributed by atoms with Crippen molar-refractivity contribution in [3.05, 3.63) is 94.4 Å². The molecule has 10 heteroatoms. The molecule has 6 rings (SSSR count). The van der Waals surface area contributed by atoms with Gasteiger partial charge in [0.2, 0.25) is 0 Å². The van der Waals surface area contributed by atoms with Gasteiger partial charge in [0.1, 0.15) is 17.2 Å². The predicted octanol–water partition coefficient (Wildman–Crippen LogP) is 5.40. The van der Waals surface area contributed by atoms with E-state index in [1.807, 2.05) is 79.7 Å². The van der Waals surface area contributed by atoms with Gasteiger partial charge >= 0.3 is 0 Å². The second-order valence-corrected chi connectivity index (χ2v) is 12.1. The van der Waals surface area contributed by atoms with Gasteiger partial charge in [0.25, 0.3) is 11.8 Å². The summed E-state index contributed by atoms with van der Waals surface area (Å²) in [5, 5.41) is 10.0. The number of carbonyl (C=O) groups excluding carboxylic acids is 2. The maximum Gasteiger partial charge on any atom is 0.264 e. The summed E-state index contributed by atoms with van der Waals surface area (Å²) in [4.78, 5) is 34.0. The molecule has 3 aromatic carbocycles. The van der Waals surface area contributed by atoms with Crippen molar-refractivity contribution in [2.75, 3.05) is 44.8 Å². The van der Waals surface area contributed by atoms with Crippen molar-refractivity contribution in [2.24, 2.45) is 0 Å². The number of morpholine rings is 1. The molecule has 2 amide bonds. The lowest BCUT2D eigenvalue weighted by Gasteiger charge is -2.26. The zero-order valence-corrected chi connectivity index (χ0v) is 25.6. The molecule has 1 aliphatic heterocycles. The highest BCUT2D eigenvalue weighted by atomic mass is 32.1. The Labute approximate surface area is 261 Å². The van der Waals surface area contributed by atoms with Gasteiger partial charge in [0.15, 0.2) is 5.13 Å². The van der Waals surface area contributed by atoms with E-state index in [2.05, 4.69) is 20.9 Å². The molecule has 9 nitrogen and oxygen atoms in total. The molecule has 2 heterocycles. The van der Waals surface area contributed by atoms with E-state index in [1.54, 1.807) is 0 Å². The molecular formula is C34H37N5O4S. The Bertz CT molecular complexity index is 1600. The fourth-order valence-corrected chi connectivity index (χ4v) is 5.86. The number of hydrogen-bond acceptors (Lipinski definition) is 8. The largest absolute Gasteiger partial charge is 0.492 e. The highest BCUT2D eigenvalue weighted by Crippen LogP contribution is 2.35. The number of anilines is 2. The van der Waals surface area contributed by atoms with E-state index < -0.39 is 0 Å². The Morgan fingerprint density at radius 2 is 1.82 bits per heavy atom. The molecule has 1 saturated heterocycles. The number of amides is 2. The van der Waals surface area contributed by atoms with Crippen LogP contribution in [0.15, 0.2) is 72.8 Å². The van der Waals surface area contributed by atoms with Crippen molar-refractivity contribution in [1.82, 2.24) is 20.5 Å². The van der Waals surface area contributed by atoms with Gasteiger partial charge in [-0.15, -0.1) is 0 Å². The monoisotopic (exact) mass is 611 g/mol. The second-order valence-electron chi connectivity index (χ2n) is 11.1. The van der Waals surface area contributed by atoms with Gasteiger partial charge in [-0.05, 0) is 55.2 Å². The summed E-state index contributed by atoms with van der Waals surface area (Å²) < 4.78 is 11.5. The molecule has 1 aliphatic carbocycles. The minimum absolute atomic E-state index is 0.0817. The number of ether oxygens (including phenoxy) is 2. The summed E-state index contributed by atoms with van der Waals surface area (Å²) in [6.07, 6.45) is 2.06. The van der Waals surface area contributed by atoms with Crippen LogP contribution in [0.5, 0.6) is 5.75 Å². The summed E-state index contributed by atoms with van der Waals surface area (Å²) >= 11 is 1.28. The molecule has 0 bridgehead atoms. The lowest BCUT2D eigenvalue weighted by atomic mass is 10.1. The van der Waals surface area contributed by atoms with Crippen LogP contribution in [0.4, 0.5) is 10.8 Å². The number of thiazole rings is 1. The third-order valence-electron chi connectivity index (χ3n) is 7.67. The quantitative estimate of drug-likeness (QED) is 0.197. The molecule has 0 spiro atoms. The van der Waals surface area contributed by atoms with Crippen LogP contribution in [-0.2, 0) is 11.3 Å². The first-order valence-corrected chi connectivity index (χ1v) is 15.9. The SMILES string of the molecule is Cc1ccc(C(=O)NC2CC2)cc1Nc1nc(-c2cccc(OCCN3CCOCC3)c2)c(C(=O)NCc2ccccc2)s1. The van der Waals surface area contributed by atoms with Crippen molar-refractivity contribution in [1.29, 1.82) is 0 Å². The minimum Gasteiger partial charge on any atom is -0.492 e. The van der Waals surface area contributed by atoms with E-state index in [-0.39, 0.29) is 17.9 Å². The zero-order valence-electron chi connectivity index (χ0n) is 24.8. The van der Waals surface area contributed by atoms with Crippen LogP contribution in [0.25, 0.3) is 11.3 Å². The van der Waals surface area contributed by atoms with Gasteiger partial charge < -0.3 is 25.4 Å². The van der Waals surface area contributed by atoms with Crippen LogP contribution >= 0.6 is 11.3 Å². The van der Waals surface area contributed by atoms with E-state index in [0.717, 1.165) is 73.8 Å².